The minimum atomic E-state index is -4.86. The van der Waals surface area contributed by atoms with Gasteiger partial charge in [0, 0.05) is 0 Å². The summed E-state index contributed by atoms with van der Waals surface area (Å²) in [5.41, 5.74) is 0.445. The van der Waals surface area contributed by atoms with Crippen molar-refractivity contribution < 1.29 is 18.0 Å². The summed E-state index contributed by atoms with van der Waals surface area (Å²) in [7, 11) is 0. The Morgan fingerprint density at radius 1 is 1.09 bits per heavy atom. The second kappa shape index (κ2) is 7.94. The van der Waals surface area contributed by atoms with Crippen LogP contribution in [0.5, 0.6) is 0 Å². The van der Waals surface area contributed by atoms with Gasteiger partial charge in [-0.25, -0.2) is 14.6 Å². The smallest absolute Gasteiger partial charge is 0.320 e. The van der Waals surface area contributed by atoms with Crippen molar-refractivity contribution in [3.8, 4) is 11.5 Å². The number of carbonyl (C=O) groups excluding carboxylic acids is 1. The summed E-state index contributed by atoms with van der Waals surface area (Å²) in [5.74, 6) is -0.825. The maximum atomic E-state index is 14.0. The number of halogens is 4. The van der Waals surface area contributed by atoms with Gasteiger partial charge >= 0.3 is 6.18 Å². The highest BCUT2D eigenvalue weighted by Crippen LogP contribution is 2.36. The van der Waals surface area contributed by atoms with Crippen LogP contribution in [0.1, 0.15) is 16.1 Å². The zero-order valence-electron chi connectivity index (χ0n) is 16.2. The highest BCUT2D eigenvalue weighted by molar-refractivity contribution is 7.17. The Morgan fingerprint density at radius 3 is 2.61 bits per heavy atom. The summed E-state index contributed by atoms with van der Waals surface area (Å²) in [5, 5.41) is 14.1. The van der Waals surface area contributed by atoms with Gasteiger partial charge in [-0.1, -0.05) is 17.7 Å². The van der Waals surface area contributed by atoms with Gasteiger partial charge in [-0.2, -0.15) is 28.5 Å². The van der Waals surface area contributed by atoms with Crippen LogP contribution in [-0.2, 0) is 6.18 Å². The number of nitrogens with one attached hydrogen (secondary N) is 1. The largest absolute Gasteiger partial charge is 0.434 e. The minimum Gasteiger partial charge on any atom is -0.320 e. The van der Waals surface area contributed by atoms with Crippen LogP contribution in [0.15, 0.2) is 54.6 Å². The molecule has 0 saturated carbocycles. The van der Waals surface area contributed by atoms with Gasteiger partial charge in [0.15, 0.2) is 11.5 Å². The lowest BCUT2D eigenvalue weighted by Crippen LogP contribution is -2.21. The number of anilines is 1. The number of hydrogen-bond donors (Lipinski definition) is 1. The Balaban J connectivity index is 1.52. The number of thiazole rings is 1. The monoisotopic (exact) mass is 490 g/mol. The number of rotatable bonds is 4. The van der Waals surface area contributed by atoms with Crippen LogP contribution in [0.3, 0.4) is 0 Å². The summed E-state index contributed by atoms with van der Waals surface area (Å²) >= 11 is 7.34. The molecule has 1 N–H and O–H groups in total. The summed E-state index contributed by atoms with van der Waals surface area (Å²) < 4.78 is 43.3. The molecule has 0 saturated heterocycles. The first-order valence-electron chi connectivity index (χ1n) is 9.14. The summed E-state index contributed by atoms with van der Waals surface area (Å²) in [4.78, 5) is 22.1. The first-order valence-corrected chi connectivity index (χ1v) is 10.4. The molecule has 4 aromatic heterocycles. The number of pyridine rings is 1. The maximum absolute atomic E-state index is 14.0. The van der Waals surface area contributed by atoms with Gasteiger partial charge in [-0.15, -0.1) is 16.1 Å². The van der Waals surface area contributed by atoms with Gasteiger partial charge in [-0.3, -0.25) is 4.79 Å². The van der Waals surface area contributed by atoms with Crippen molar-refractivity contribution in [1.82, 2.24) is 34.7 Å². The Bertz CT molecular complexity index is 1480. The molecule has 0 aliphatic carbocycles. The van der Waals surface area contributed by atoms with Crippen molar-refractivity contribution in [1.29, 1.82) is 0 Å². The second-order valence-corrected chi connectivity index (χ2v) is 7.86. The third kappa shape index (κ3) is 3.81. The van der Waals surface area contributed by atoms with Crippen molar-refractivity contribution in [2.45, 2.75) is 6.18 Å². The molecule has 0 aliphatic heterocycles. The molecule has 0 aliphatic rings. The molecule has 0 fully saturated rings. The van der Waals surface area contributed by atoms with Crippen LogP contribution >= 0.6 is 22.9 Å². The molecule has 1 aromatic carbocycles. The number of carbonyl (C=O) groups is 1. The average molecular weight is 491 g/mol. The standard InChI is InChI=1S/C19H10ClF3N8OS/c20-12-6-10(7-24-17(12)31-26-4-5-27-31)29-18(32)11-8-28-30(16(11)19(21,22)23)14-3-1-2-13-15(14)33-9-25-13/h1-9H,(H,29,32). The average Bonchev–Trinajstić information content (AvgIpc) is 3.52. The van der Waals surface area contributed by atoms with Crippen molar-refractivity contribution >= 4 is 44.7 Å². The molecule has 33 heavy (non-hydrogen) atoms. The van der Waals surface area contributed by atoms with Gasteiger partial charge in [-0.05, 0) is 18.2 Å². The molecular formula is C19H10ClF3N8OS. The van der Waals surface area contributed by atoms with Crippen LogP contribution in [0.25, 0.3) is 21.7 Å². The van der Waals surface area contributed by atoms with Gasteiger partial charge in [0.2, 0.25) is 0 Å². The van der Waals surface area contributed by atoms with E-state index < -0.39 is 23.3 Å². The van der Waals surface area contributed by atoms with E-state index in [1.165, 1.54) is 52.4 Å². The third-order valence-electron chi connectivity index (χ3n) is 4.53. The van der Waals surface area contributed by atoms with Crippen LogP contribution < -0.4 is 5.32 Å². The van der Waals surface area contributed by atoms with E-state index in [0.29, 0.717) is 14.9 Å². The second-order valence-electron chi connectivity index (χ2n) is 6.60. The molecule has 5 rings (SSSR count). The number of hydrogen-bond acceptors (Lipinski definition) is 7. The first-order chi connectivity index (χ1) is 15.8. The summed E-state index contributed by atoms with van der Waals surface area (Å²) in [6, 6.07) is 6.07. The summed E-state index contributed by atoms with van der Waals surface area (Å²) in [6.07, 6.45) is 0.0996. The zero-order valence-corrected chi connectivity index (χ0v) is 17.7. The van der Waals surface area contributed by atoms with E-state index in [9.17, 15) is 18.0 Å². The fourth-order valence-corrected chi connectivity index (χ4v) is 4.21. The highest BCUT2D eigenvalue weighted by atomic mass is 35.5. The van der Waals surface area contributed by atoms with Crippen molar-refractivity contribution in [3.63, 3.8) is 0 Å². The number of alkyl halides is 3. The van der Waals surface area contributed by atoms with E-state index in [0.717, 1.165) is 6.20 Å². The lowest BCUT2D eigenvalue weighted by atomic mass is 10.2. The number of amides is 1. The molecule has 9 nitrogen and oxygen atoms in total. The van der Waals surface area contributed by atoms with Gasteiger partial charge in [0.1, 0.15) is 0 Å². The Morgan fingerprint density at radius 2 is 1.88 bits per heavy atom. The van der Waals surface area contributed by atoms with Crippen LogP contribution in [0.4, 0.5) is 18.9 Å². The number of benzene rings is 1. The van der Waals surface area contributed by atoms with E-state index in [1.54, 1.807) is 12.1 Å². The normalized spacial score (nSPS) is 11.8. The Kier molecular flexibility index (Phi) is 5.06. The first kappa shape index (κ1) is 21.0. The van der Waals surface area contributed by atoms with Crippen molar-refractivity contribution in [2.75, 3.05) is 5.32 Å². The van der Waals surface area contributed by atoms with Crippen LogP contribution in [0, 0.1) is 0 Å². The quantitative estimate of drug-likeness (QED) is 0.401. The topological polar surface area (TPSA) is 103 Å². The van der Waals surface area contributed by atoms with E-state index in [1.807, 2.05) is 0 Å². The van der Waals surface area contributed by atoms with Crippen molar-refractivity contribution in [2.24, 2.45) is 0 Å². The molecule has 0 spiro atoms. The molecule has 1 amide bonds. The number of nitrogens with zero attached hydrogens (tertiary/aromatic N) is 7. The van der Waals surface area contributed by atoms with Crippen molar-refractivity contribution in [3.05, 3.63) is 70.8 Å². The molecule has 0 unspecified atom stereocenters. The molecular weight excluding hydrogens is 481 g/mol. The predicted octanol–water partition coefficient (Wildman–Crippen LogP) is 4.38. The SMILES string of the molecule is O=C(Nc1cnc(-n2nccn2)c(Cl)c1)c1cnn(-c2cccc3ncsc23)c1C(F)(F)F. The molecule has 0 radical (unpaired) electrons. The minimum absolute atomic E-state index is 0.0892. The van der Waals surface area contributed by atoms with Gasteiger partial charge in [0.05, 0.1) is 62.5 Å². The lowest BCUT2D eigenvalue weighted by molar-refractivity contribution is -0.143. The molecule has 0 atom stereocenters. The lowest BCUT2D eigenvalue weighted by Gasteiger charge is -2.13. The molecule has 4 heterocycles. The van der Waals surface area contributed by atoms with E-state index in [4.69, 9.17) is 11.6 Å². The van der Waals surface area contributed by atoms with E-state index >= 15 is 0 Å². The number of fused-ring (bicyclic) bond motifs is 1. The van der Waals surface area contributed by atoms with Gasteiger partial charge in [0.25, 0.3) is 5.91 Å². The van der Waals surface area contributed by atoms with Gasteiger partial charge < -0.3 is 5.32 Å². The highest BCUT2D eigenvalue weighted by Gasteiger charge is 2.41. The molecule has 14 heteroatoms. The summed E-state index contributed by atoms with van der Waals surface area (Å²) in [6.45, 7) is 0. The molecule has 0 bridgehead atoms. The maximum Gasteiger partial charge on any atom is 0.434 e. The van der Waals surface area contributed by atoms with E-state index in [2.05, 4.69) is 30.6 Å². The van der Waals surface area contributed by atoms with E-state index in [-0.39, 0.29) is 22.2 Å². The Hall–Kier alpha value is -3.84. The van der Waals surface area contributed by atoms with Crippen LogP contribution in [0.2, 0.25) is 5.02 Å². The van der Waals surface area contributed by atoms with Crippen LogP contribution in [-0.4, -0.2) is 40.6 Å². The third-order valence-corrected chi connectivity index (χ3v) is 5.68. The number of aromatic nitrogens is 7. The Labute approximate surface area is 191 Å². The zero-order chi connectivity index (χ0) is 23.2. The molecule has 5 aromatic rings. The fraction of sp³-hybridized carbons (Fsp3) is 0.0526. The fourth-order valence-electron chi connectivity index (χ4n) is 3.18. The predicted molar refractivity (Wildman–Crippen MR) is 114 cm³/mol. The molecule has 166 valence electrons.